The van der Waals surface area contributed by atoms with Crippen LogP contribution in [0.25, 0.3) is 11.0 Å². The van der Waals surface area contributed by atoms with E-state index in [0.29, 0.717) is 6.54 Å². The number of hydrogen-bond acceptors (Lipinski definition) is 4. The van der Waals surface area contributed by atoms with Crippen LogP contribution in [0.1, 0.15) is 6.42 Å². The molecule has 1 atom stereocenters. The number of carbonyl (C=O) groups excluding carboxylic acids is 1. The highest BCUT2D eigenvalue weighted by Crippen LogP contribution is 2.11. The number of aromatic nitrogens is 2. The molecule has 0 aliphatic heterocycles. The minimum absolute atomic E-state index is 0.115. The lowest BCUT2D eigenvalue weighted by Crippen LogP contribution is -2.43. The molecule has 0 bridgehead atoms. The van der Waals surface area contributed by atoms with Gasteiger partial charge in [-0.2, -0.15) is 0 Å². The molecule has 1 aromatic carbocycles. The van der Waals surface area contributed by atoms with Crippen LogP contribution >= 0.6 is 0 Å². The summed E-state index contributed by atoms with van der Waals surface area (Å²) in [6.45, 7) is -0.237. The summed E-state index contributed by atoms with van der Waals surface area (Å²) in [5.41, 5.74) is 1.75. The Morgan fingerprint density at radius 2 is 2.10 bits per heavy atom. The molecule has 2 aromatic rings. The molecule has 0 saturated carbocycles. The molecular formula is C13H15N3O4. The van der Waals surface area contributed by atoms with Gasteiger partial charge in [0.2, 0.25) is 5.91 Å². The van der Waals surface area contributed by atoms with Crippen molar-refractivity contribution in [2.45, 2.75) is 19.0 Å². The standard InChI is InChI=1S/C13H15N3O4/c17-7-10(13(19)20)15-12(18)5-6-16-8-14-9-3-1-2-4-11(9)16/h1-4,8,10,17H,5-7H2,(H,15,18)(H,19,20)/t10-/m0/s1. The summed E-state index contributed by atoms with van der Waals surface area (Å²) >= 11 is 0. The van der Waals surface area contributed by atoms with Crippen molar-refractivity contribution < 1.29 is 19.8 Å². The van der Waals surface area contributed by atoms with Crippen LogP contribution < -0.4 is 5.32 Å². The third-order valence-corrected chi connectivity index (χ3v) is 2.92. The Bertz CT molecular complexity index is 623. The van der Waals surface area contributed by atoms with Gasteiger partial charge in [0.05, 0.1) is 24.0 Å². The molecule has 0 saturated heterocycles. The van der Waals surface area contributed by atoms with Crippen molar-refractivity contribution in [3.63, 3.8) is 0 Å². The Morgan fingerprint density at radius 3 is 2.80 bits per heavy atom. The number of carboxylic acid groups (broad SMARTS) is 1. The van der Waals surface area contributed by atoms with Crippen LogP contribution in [0.2, 0.25) is 0 Å². The molecule has 0 aliphatic rings. The molecule has 1 aromatic heterocycles. The van der Waals surface area contributed by atoms with Gasteiger partial charge in [-0.25, -0.2) is 9.78 Å². The maximum atomic E-state index is 11.6. The van der Waals surface area contributed by atoms with Crippen LogP contribution in [0.4, 0.5) is 0 Å². The van der Waals surface area contributed by atoms with Gasteiger partial charge in [0.25, 0.3) is 0 Å². The highest BCUT2D eigenvalue weighted by atomic mass is 16.4. The fourth-order valence-electron chi connectivity index (χ4n) is 1.86. The number of aliphatic carboxylic acids is 1. The summed E-state index contributed by atoms with van der Waals surface area (Å²) in [5, 5.41) is 19.8. The molecule has 2 rings (SSSR count). The normalized spacial score (nSPS) is 12.2. The molecule has 0 aliphatic carbocycles. The average Bonchev–Trinajstić information content (AvgIpc) is 2.85. The molecular weight excluding hydrogens is 262 g/mol. The number of hydrogen-bond donors (Lipinski definition) is 3. The number of benzene rings is 1. The number of nitrogens with zero attached hydrogens (tertiary/aromatic N) is 2. The molecule has 106 valence electrons. The summed E-state index contributed by atoms with van der Waals surface area (Å²) in [7, 11) is 0. The first kappa shape index (κ1) is 14.0. The SMILES string of the molecule is O=C(CCn1cnc2ccccc21)N[C@@H](CO)C(=O)O. The van der Waals surface area contributed by atoms with Gasteiger partial charge in [-0.1, -0.05) is 12.1 Å². The number of imidazole rings is 1. The molecule has 1 heterocycles. The van der Waals surface area contributed by atoms with Crippen molar-refractivity contribution in [3.05, 3.63) is 30.6 Å². The Morgan fingerprint density at radius 1 is 1.35 bits per heavy atom. The zero-order valence-electron chi connectivity index (χ0n) is 10.7. The van der Waals surface area contributed by atoms with E-state index in [1.165, 1.54) is 0 Å². The van der Waals surface area contributed by atoms with Gasteiger partial charge in [-0.05, 0) is 12.1 Å². The maximum Gasteiger partial charge on any atom is 0.328 e. The number of amides is 1. The van der Waals surface area contributed by atoms with E-state index in [0.717, 1.165) is 11.0 Å². The minimum Gasteiger partial charge on any atom is -0.480 e. The third kappa shape index (κ3) is 3.12. The lowest BCUT2D eigenvalue weighted by molar-refractivity contribution is -0.143. The van der Waals surface area contributed by atoms with E-state index in [2.05, 4.69) is 10.3 Å². The van der Waals surface area contributed by atoms with Gasteiger partial charge >= 0.3 is 5.97 Å². The topological polar surface area (TPSA) is 104 Å². The first-order valence-corrected chi connectivity index (χ1v) is 6.14. The first-order chi connectivity index (χ1) is 9.61. The smallest absolute Gasteiger partial charge is 0.328 e. The Hall–Kier alpha value is -2.41. The number of aliphatic hydroxyl groups excluding tert-OH is 1. The van der Waals surface area contributed by atoms with Crippen LogP contribution in [0.5, 0.6) is 0 Å². The Balaban J connectivity index is 1.95. The summed E-state index contributed by atoms with van der Waals surface area (Å²) < 4.78 is 1.82. The maximum absolute atomic E-state index is 11.6. The Labute approximate surface area is 114 Å². The summed E-state index contributed by atoms with van der Waals surface area (Å²) in [6.07, 6.45) is 1.75. The highest BCUT2D eigenvalue weighted by Gasteiger charge is 2.18. The summed E-state index contributed by atoms with van der Waals surface area (Å²) in [6, 6.07) is 6.27. The second-order valence-corrected chi connectivity index (χ2v) is 4.32. The van der Waals surface area contributed by atoms with Crippen LogP contribution in [0, 0.1) is 0 Å². The van der Waals surface area contributed by atoms with Crippen LogP contribution in [-0.4, -0.2) is 44.3 Å². The van der Waals surface area contributed by atoms with Crippen LogP contribution in [0.3, 0.4) is 0 Å². The molecule has 7 nitrogen and oxygen atoms in total. The third-order valence-electron chi connectivity index (χ3n) is 2.92. The summed E-state index contributed by atoms with van der Waals surface area (Å²) in [5.74, 6) is -1.68. The second kappa shape index (κ2) is 6.16. The molecule has 0 radical (unpaired) electrons. The van der Waals surface area contributed by atoms with Crippen molar-refractivity contribution in [2.75, 3.05) is 6.61 Å². The van der Waals surface area contributed by atoms with E-state index in [9.17, 15) is 9.59 Å². The minimum atomic E-state index is -1.26. The van der Waals surface area contributed by atoms with Crippen molar-refractivity contribution >= 4 is 22.9 Å². The lowest BCUT2D eigenvalue weighted by atomic mass is 10.3. The van der Waals surface area contributed by atoms with E-state index < -0.39 is 24.5 Å². The number of nitrogens with one attached hydrogen (secondary N) is 1. The number of carboxylic acids is 1. The second-order valence-electron chi connectivity index (χ2n) is 4.32. The number of aliphatic hydroxyl groups is 1. The van der Waals surface area contributed by atoms with E-state index in [1.54, 1.807) is 6.33 Å². The van der Waals surface area contributed by atoms with Gasteiger partial charge in [0.15, 0.2) is 0 Å². The van der Waals surface area contributed by atoms with Crippen molar-refractivity contribution in [1.29, 1.82) is 0 Å². The van der Waals surface area contributed by atoms with E-state index in [-0.39, 0.29) is 6.42 Å². The average molecular weight is 277 g/mol. The fraction of sp³-hybridized carbons (Fsp3) is 0.308. The van der Waals surface area contributed by atoms with Crippen LogP contribution in [-0.2, 0) is 16.1 Å². The van der Waals surface area contributed by atoms with Crippen molar-refractivity contribution in [1.82, 2.24) is 14.9 Å². The quantitative estimate of drug-likeness (QED) is 0.688. The van der Waals surface area contributed by atoms with Gasteiger partial charge in [-0.15, -0.1) is 0 Å². The van der Waals surface area contributed by atoms with Crippen molar-refractivity contribution in [2.24, 2.45) is 0 Å². The predicted octanol–water partition coefficient (Wildman–Crippen LogP) is -0.0119. The largest absolute Gasteiger partial charge is 0.480 e. The van der Waals surface area contributed by atoms with Crippen molar-refractivity contribution in [3.8, 4) is 0 Å². The van der Waals surface area contributed by atoms with E-state index >= 15 is 0 Å². The molecule has 0 fully saturated rings. The zero-order valence-corrected chi connectivity index (χ0v) is 10.7. The van der Waals surface area contributed by atoms with Gasteiger partial charge < -0.3 is 20.1 Å². The van der Waals surface area contributed by atoms with Crippen LogP contribution in [0.15, 0.2) is 30.6 Å². The summed E-state index contributed by atoms with van der Waals surface area (Å²) in [4.78, 5) is 26.5. The van der Waals surface area contributed by atoms with Gasteiger partial charge in [0, 0.05) is 13.0 Å². The number of aryl methyl sites for hydroxylation is 1. The molecule has 0 spiro atoms. The Kier molecular flexibility index (Phi) is 4.31. The number of rotatable bonds is 6. The monoisotopic (exact) mass is 277 g/mol. The molecule has 20 heavy (non-hydrogen) atoms. The molecule has 0 unspecified atom stereocenters. The lowest BCUT2D eigenvalue weighted by Gasteiger charge is -2.11. The number of fused-ring (bicyclic) bond motifs is 1. The zero-order chi connectivity index (χ0) is 14.5. The fourth-order valence-corrected chi connectivity index (χ4v) is 1.86. The molecule has 7 heteroatoms. The van der Waals surface area contributed by atoms with Gasteiger partial charge in [0.1, 0.15) is 6.04 Å². The highest BCUT2D eigenvalue weighted by molar-refractivity contribution is 5.83. The van der Waals surface area contributed by atoms with Gasteiger partial charge in [-0.3, -0.25) is 4.79 Å². The molecule has 3 N–H and O–H groups in total. The van der Waals surface area contributed by atoms with E-state index in [4.69, 9.17) is 10.2 Å². The van der Waals surface area contributed by atoms with E-state index in [1.807, 2.05) is 28.8 Å². The predicted molar refractivity (Wildman–Crippen MR) is 71.0 cm³/mol. The number of carbonyl (C=O) groups is 2. The first-order valence-electron chi connectivity index (χ1n) is 6.14. The molecule has 1 amide bonds. The number of para-hydroxylation sites is 2.